The van der Waals surface area contributed by atoms with E-state index in [1.807, 2.05) is 31.2 Å². The van der Waals surface area contributed by atoms with Crippen LogP contribution in [0.4, 0.5) is 5.69 Å². The molecule has 0 radical (unpaired) electrons. The Labute approximate surface area is 173 Å². The highest BCUT2D eigenvalue weighted by Crippen LogP contribution is 2.35. The fourth-order valence-corrected chi connectivity index (χ4v) is 3.85. The maximum absolute atomic E-state index is 12.4. The lowest BCUT2D eigenvalue weighted by Gasteiger charge is -2.15. The number of carbonyl (C=O) groups is 1. The van der Waals surface area contributed by atoms with Gasteiger partial charge in [0.25, 0.3) is 5.91 Å². The molecule has 1 heterocycles. The number of benzene rings is 2. The molecule has 1 fully saturated rings. The number of amides is 1. The van der Waals surface area contributed by atoms with Crippen molar-refractivity contribution in [3.63, 3.8) is 0 Å². The average Bonchev–Trinajstić information content (AvgIpc) is 3.01. The van der Waals surface area contributed by atoms with Crippen molar-refractivity contribution in [2.75, 3.05) is 26.1 Å². The molecule has 1 atom stereocenters. The molecular weight excluding hydrogens is 400 g/mol. The predicted octanol–water partition coefficient (Wildman–Crippen LogP) is 4.36. The monoisotopic (exact) mass is 420 g/mol. The van der Waals surface area contributed by atoms with Gasteiger partial charge in [-0.3, -0.25) is 4.79 Å². The van der Waals surface area contributed by atoms with Crippen molar-refractivity contribution in [3.8, 4) is 17.2 Å². The molecule has 0 spiro atoms. The first kappa shape index (κ1) is 20.2. The first-order valence-electron chi connectivity index (χ1n) is 8.64. The van der Waals surface area contributed by atoms with Crippen LogP contribution >= 0.6 is 23.4 Å². The molecule has 1 aliphatic heterocycles. The van der Waals surface area contributed by atoms with E-state index < -0.39 is 0 Å². The lowest BCUT2D eigenvalue weighted by atomic mass is 10.2. The summed E-state index contributed by atoms with van der Waals surface area (Å²) >= 11 is 7.45. The van der Waals surface area contributed by atoms with E-state index in [1.165, 1.54) is 11.8 Å². The molecule has 1 saturated heterocycles. The third kappa shape index (κ3) is 4.66. The third-order valence-corrected chi connectivity index (χ3v) is 5.23. The Hall–Kier alpha value is -2.51. The maximum Gasteiger partial charge on any atom is 0.260 e. The van der Waals surface area contributed by atoms with Gasteiger partial charge in [-0.2, -0.15) is 0 Å². The van der Waals surface area contributed by atoms with Gasteiger partial charge in [0, 0.05) is 5.02 Å². The smallest absolute Gasteiger partial charge is 0.260 e. The van der Waals surface area contributed by atoms with Crippen molar-refractivity contribution in [3.05, 3.63) is 51.9 Å². The predicted molar refractivity (Wildman–Crippen MR) is 113 cm³/mol. The highest BCUT2D eigenvalue weighted by molar-refractivity contribution is 8.05. The van der Waals surface area contributed by atoms with Crippen LogP contribution in [0.5, 0.6) is 17.2 Å². The van der Waals surface area contributed by atoms with Crippen molar-refractivity contribution >= 4 is 41.0 Å². The molecule has 28 heavy (non-hydrogen) atoms. The van der Waals surface area contributed by atoms with Crippen LogP contribution in [0.25, 0.3) is 6.08 Å². The lowest BCUT2D eigenvalue weighted by Crippen LogP contribution is -2.31. The molecule has 1 amide bonds. The first-order chi connectivity index (χ1) is 13.5. The number of nitrogens with one attached hydrogen (secondary N) is 2. The molecule has 148 valence electrons. The summed E-state index contributed by atoms with van der Waals surface area (Å²) in [6.07, 6.45) is 1.82. The van der Waals surface area contributed by atoms with E-state index in [2.05, 4.69) is 10.6 Å². The Morgan fingerprint density at radius 2 is 1.89 bits per heavy atom. The molecule has 2 N–H and O–H groups in total. The fourth-order valence-electron chi connectivity index (χ4n) is 2.70. The van der Waals surface area contributed by atoms with E-state index in [9.17, 15) is 4.79 Å². The van der Waals surface area contributed by atoms with E-state index in [1.54, 1.807) is 32.4 Å². The van der Waals surface area contributed by atoms with E-state index in [4.69, 9.17) is 25.8 Å². The van der Waals surface area contributed by atoms with Crippen LogP contribution < -0.4 is 24.8 Å². The summed E-state index contributed by atoms with van der Waals surface area (Å²) in [5, 5.41) is 6.71. The van der Waals surface area contributed by atoms with Crippen LogP contribution in [0.2, 0.25) is 5.02 Å². The number of methoxy groups -OCH3 is 2. The summed E-state index contributed by atoms with van der Waals surface area (Å²) in [7, 11) is 3.18. The quantitative estimate of drug-likeness (QED) is 0.649. The standard InChI is InChI=1S/C20H21ClN2O4S/c1-4-27-17-9-12(5-7-16(17)26-3)10-18-19(24)23-20(28-18)22-14-11-13(21)6-8-15(14)25-2/h5-11,20,22H,4H2,1-3H3,(H,23,24)/b18-10-. The summed E-state index contributed by atoms with van der Waals surface area (Å²) < 4.78 is 16.2. The Morgan fingerprint density at radius 3 is 2.61 bits per heavy atom. The summed E-state index contributed by atoms with van der Waals surface area (Å²) in [6.45, 7) is 2.43. The number of hydrogen-bond acceptors (Lipinski definition) is 6. The summed E-state index contributed by atoms with van der Waals surface area (Å²) in [4.78, 5) is 13.0. The minimum atomic E-state index is -0.337. The summed E-state index contributed by atoms with van der Waals surface area (Å²) in [5.74, 6) is 1.78. The van der Waals surface area contributed by atoms with Gasteiger partial charge in [-0.15, -0.1) is 0 Å². The van der Waals surface area contributed by atoms with Gasteiger partial charge in [-0.25, -0.2) is 0 Å². The van der Waals surface area contributed by atoms with Gasteiger partial charge in [0.05, 0.1) is 31.4 Å². The Morgan fingerprint density at radius 1 is 1.14 bits per heavy atom. The number of rotatable bonds is 7. The Kier molecular flexibility index (Phi) is 6.59. The van der Waals surface area contributed by atoms with E-state index in [0.29, 0.717) is 39.5 Å². The van der Waals surface area contributed by atoms with Gasteiger partial charge in [0.2, 0.25) is 0 Å². The molecule has 3 rings (SSSR count). The van der Waals surface area contributed by atoms with Crippen LogP contribution in [-0.2, 0) is 4.79 Å². The minimum absolute atomic E-state index is 0.155. The zero-order chi connectivity index (χ0) is 20.1. The number of hydrogen-bond donors (Lipinski definition) is 2. The summed E-state index contributed by atoms with van der Waals surface area (Å²) in [6, 6.07) is 10.8. The topological polar surface area (TPSA) is 68.8 Å². The van der Waals surface area contributed by atoms with E-state index in [0.717, 1.165) is 5.56 Å². The molecule has 6 nitrogen and oxygen atoms in total. The third-order valence-electron chi connectivity index (χ3n) is 3.96. The maximum atomic E-state index is 12.4. The molecule has 0 aliphatic carbocycles. The van der Waals surface area contributed by atoms with Crippen LogP contribution in [-0.4, -0.2) is 32.2 Å². The summed E-state index contributed by atoms with van der Waals surface area (Å²) in [5.41, 5.74) is 1.22. The van der Waals surface area contributed by atoms with Crippen molar-refractivity contribution in [2.24, 2.45) is 0 Å². The average molecular weight is 421 g/mol. The first-order valence-corrected chi connectivity index (χ1v) is 9.90. The van der Waals surface area contributed by atoms with Crippen molar-refractivity contribution in [2.45, 2.75) is 12.4 Å². The van der Waals surface area contributed by atoms with Crippen molar-refractivity contribution in [1.29, 1.82) is 0 Å². The molecule has 8 heteroatoms. The largest absolute Gasteiger partial charge is 0.495 e. The molecule has 0 saturated carbocycles. The second-order valence-electron chi connectivity index (χ2n) is 5.81. The molecule has 1 unspecified atom stereocenters. The van der Waals surface area contributed by atoms with Crippen LogP contribution in [0.1, 0.15) is 12.5 Å². The normalized spacial score (nSPS) is 17.4. The number of thioether (sulfide) groups is 1. The molecule has 0 aromatic heterocycles. The molecule has 2 aromatic carbocycles. The van der Waals surface area contributed by atoms with Gasteiger partial charge in [0.15, 0.2) is 17.0 Å². The Balaban J connectivity index is 1.78. The molecule has 0 bridgehead atoms. The molecule has 1 aliphatic rings. The van der Waals surface area contributed by atoms with Crippen LogP contribution in [0.3, 0.4) is 0 Å². The van der Waals surface area contributed by atoms with Gasteiger partial charge >= 0.3 is 0 Å². The fraction of sp³-hybridized carbons (Fsp3) is 0.250. The van der Waals surface area contributed by atoms with Gasteiger partial charge in [-0.05, 0) is 48.9 Å². The van der Waals surface area contributed by atoms with Crippen molar-refractivity contribution in [1.82, 2.24) is 5.32 Å². The van der Waals surface area contributed by atoms with Crippen LogP contribution in [0.15, 0.2) is 41.3 Å². The number of carbonyl (C=O) groups excluding carboxylic acids is 1. The zero-order valence-corrected chi connectivity index (χ0v) is 17.3. The van der Waals surface area contributed by atoms with Gasteiger partial charge < -0.3 is 24.8 Å². The molecular formula is C20H21ClN2O4S. The molecule has 2 aromatic rings. The SMILES string of the molecule is CCOc1cc(/C=C2\SC(Nc3cc(Cl)ccc3OC)NC2=O)ccc1OC. The highest BCUT2D eigenvalue weighted by atomic mass is 35.5. The zero-order valence-electron chi connectivity index (χ0n) is 15.7. The van der Waals surface area contributed by atoms with Gasteiger partial charge in [0.1, 0.15) is 5.75 Å². The van der Waals surface area contributed by atoms with Crippen LogP contribution in [0, 0.1) is 0 Å². The van der Waals surface area contributed by atoms with E-state index >= 15 is 0 Å². The number of ether oxygens (including phenoxy) is 3. The lowest BCUT2D eigenvalue weighted by molar-refractivity contribution is -0.116. The second kappa shape index (κ2) is 9.12. The number of anilines is 1. The minimum Gasteiger partial charge on any atom is -0.495 e. The van der Waals surface area contributed by atoms with Gasteiger partial charge in [-0.1, -0.05) is 29.4 Å². The van der Waals surface area contributed by atoms with E-state index in [-0.39, 0.29) is 11.4 Å². The second-order valence-corrected chi connectivity index (χ2v) is 7.40. The number of halogens is 1. The highest BCUT2D eigenvalue weighted by Gasteiger charge is 2.28. The van der Waals surface area contributed by atoms with Crippen molar-refractivity contribution < 1.29 is 19.0 Å². The Bertz CT molecular complexity index is 904.